The van der Waals surface area contributed by atoms with Crippen molar-refractivity contribution in [3.8, 4) is 11.5 Å². The van der Waals surface area contributed by atoms with Crippen molar-refractivity contribution in [1.29, 1.82) is 0 Å². The minimum Gasteiger partial charge on any atom is -0.456 e. The van der Waals surface area contributed by atoms with E-state index in [4.69, 9.17) is 4.74 Å². The summed E-state index contributed by atoms with van der Waals surface area (Å²) in [6, 6.07) is 14.5. The molecule has 0 unspecified atom stereocenters. The Hall–Kier alpha value is -1.32. The van der Waals surface area contributed by atoms with Crippen molar-refractivity contribution < 1.29 is 4.74 Å². The van der Waals surface area contributed by atoms with Crippen molar-refractivity contribution >= 4 is 15.9 Å². The number of nitrogens with one attached hydrogen (secondary N) is 1. The van der Waals surface area contributed by atoms with Crippen molar-refractivity contribution in [3.63, 3.8) is 0 Å². The molecule has 0 aromatic heterocycles. The molecule has 0 fully saturated rings. The third kappa shape index (κ3) is 4.09. The number of rotatable bonds is 6. The van der Waals surface area contributed by atoms with Crippen LogP contribution >= 0.6 is 15.9 Å². The number of halogens is 1. The molecule has 0 saturated heterocycles. The molecule has 3 heteroatoms. The molecule has 0 atom stereocenters. The van der Waals surface area contributed by atoms with Gasteiger partial charge >= 0.3 is 0 Å². The lowest BCUT2D eigenvalue weighted by atomic mass is 10.1. The van der Waals surface area contributed by atoms with Crippen LogP contribution in [-0.4, -0.2) is 7.05 Å². The van der Waals surface area contributed by atoms with Gasteiger partial charge in [0.15, 0.2) is 0 Å². The van der Waals surface area contributed by atoms with Gasteiger partial charge in [0.05, 0.1) is 4.47 Å². The lowest BCUT2D eigenvalue weighted by Crippen LogP contribution is -2.04. The van der Waals surface area contributed by atoms with Gasteiger partial charge in [-0.25, -0.2) is 0 Å². The van der Waals surface area contributed by atoms with Gasteiger partial charge in [-0.15, -0.1) is 0 Å². The van der Waals surface area contributed by atoms with Crippen molar-refractivity contribution in [2.24, 2.45) is 0 Å². The summed E-state index contributed by atoms with van der Waals surface area (Å²) in [4.78, 5) is 0. The molecular formula is C17H20BrNO. The van der Waals surface area contributed by atoms with E-state index in [1.165, 1.54) is 17.5 Å². The number of hydrogen-bond acceptors (Lipinski definition) is 2. The van der Waals surface area contributed by atoms with Crippen LogP contribution in [0.5, 0.6) is 11.5 Å². The van der Waals surface area contributed by atoms with Crippen molar-refractivity contribution in [1.82, 2.24) is 5.32 Å². The maximum absolute atomic E-state index is 5.91. The first-order valence-corrected chi connectivity index (χ1v) is 7.72. The summed E-state index contributed by atoms with van der Waals surface area (Å²) < 4.78 is 6.88. The maximum Gasteiger partial charge on any atom is 0.141 e. The Morgan fingerprint density at radius 3 is 2.35 bits per heavy atom. The molecule has 1 N–H and O–H groups in total. The molecular weight excluding hydrogens is 314 g/mol. The van der Waals surface area contributed by atoms with E-state index in [0.717, 1.165) is 28.9 Å². The summed E-state index contributed by atoms with van der Waals surface area (Å²) >= 11 is 3.56. The predicted molar refractivity (Wildman–Crippen MR) is 87.4 cm³/mol. The minimum absolute atomic E-state index is 0.841. The van der Waals surface area contributed by atoms with Crippen molar-refractivity contribution in [3.05, 3.63) is 58.1 Å². The Kier molecular flexibility index (Phi) is 5.62. The van der Waals surface area contributed by atoms with E-state index in [0.29, 0.717) is 0 Å². The Balaban J connectivity index is 2.09. The molecule has 0 aliphatic heterocycles. The summed E-state index contributed by atoms with van der Waals surface area (Å²) in [5, 5.41) is 3.14. The summed E-state index contributed by atoms with van der Waals surface area (Å²) in [5.74, 6) is 1.71. The Labute approximate surface area is 129 Å². The first-order chi connectivity index (χ1) is 9.72. The van der Waals surface area contributed by atoms with Gasteiger partial charge in [0.2, 0.25) is 0 Å². The van der Waals surface area contributed by atoms with Crippen LogP contribution in [-0.2, 0) is 13.0 Å². The fourth-order valence-corrected chi connectivity index (χ4v) is 2.59. The lowest BCUT2D eigenvalue weighted by molar-refractivity contribution is 0.479. The summed E-state index contributed by atoms with van der Waals surface area (Å²) in [6.45, 7) is 3.04. The van der Waals surface area contributed by atoms with Crippen LogP contribution in [0.1, 0.15) is 24.5 Å². The minimum atomic E-state index is 0.841. The van der Waals surface area contributed by atoms with Crippen LogP contribution in [0.15, 0.2) is 46.9 Å². The normalized spacial score (nSPS) is 10.6. The quantitative estimate of drug-likeness (QED) is 0.810. The van der Waals surface area contributed by atoms with E-state index in [1.807, 2.05) is 25.2 Å². The number of aryl methyl sites for hydroxylation is 1. The Morgan fingerprint density at radius 2 is 1.75 bits per heavy atom. The molecule has 106 valence electrons. The van der Waals surface area contributed by atoms with Gasteiger partial charge in [-0.1, -0.05) is 31.5 Å². The number of ether oxygens (including phenoxy) is 1. The highest BCUT2D eigenvalue weighted by atomic mass is 79.9. The van der Waals surface area contributed by atoms with E-state index in [-0.39, 0.29) is 0 Å². The lowest BCUT2D eigenvalue weighted by Gasteiger charge is -2.10. The number of hydrogen-bond donors (Lipinski definition) is 1. The largest absolute Gasteiger partial charge is 0.456 e. The van der Waals surface area contributed by atoms with Crippen LogP contribution in [0, 0.1) is 0 Å². The monoisotopic (exact) mass is 333 g/mol. The van der Waals surface area contributed by atoms with E-state index < -0.39 is 0 Å². The highest BCUT2D eigenvalue weighted by Crippen LogP contribution is 2.30. The molecule has 2 aromatic rings. The SMILES string of the molecule is CCCc1ccc(Oc2ccc(CNC)cc2Br)cc1. The standard InChI is InChI=1S/C17H20BrNO/c1-3-4-13-5-8-15(9-6-13)20-17-10-7-14(12-19-2)11-16(17)18/h5-11,19H,3-4,12H2,1-2H3. The molecule has 2 nitrogen and oxygen atoms in total. The van der Waals surface area contributed by atoms with Crippen LogP contribution < -0.4 is 10.1 Å². The molecule has 20 heavy (non-hydrogen) atoms. The molecule has 2 aromatic carbocycles. The zero-order chi connectivity index (χ0) is 14.4. The van der Waals surface area contributed by atoms with Crippen LogP contribution in [0.4, 0.5) is 0 Å². The second-order valence-electron chi connectivity index (χ2n) is 4.79. The Bertz CT molecular complexity index is 551. The highest BCUT2D eigenvalue weighted by molar-refractivity contribution is 9.10. The fraction of sp³-hybridized carbons (Fsp3) is 0.294. The zero-order valence-electron chi connectivity index (χ0n) is 11.9. The second kappa shape index (κ2) is 7.46. The zero-order valence-corrected chi connectivity index (χ0v) is 13.5. The van der Waals surface area contributed by atoms with Gasteiger partial charge in [0, 0.05) is 6.54 Å². The summed E-state index contributed by atoms with van der Waals surface area (Å²) in [7, 11) is 1.94. The van der Waals surface area contributed by atoms with Gasteiger partial charge in [-0.3, -0.25) is 0 Å². The van der Waals surface area contributed by atoms with Gasteiger partial charge in [0.1, 0.15) is 11.5 Å². The molecule has 0 aliphatic rings. The van der Waals surface area contributed by atoms with Crippen LogP contribution in [0.25, 0.3) is 0 Å². The van der Waals surface area contributed by atoms with Crippen molar-refractivity contribution in [2.75, 3.05) is 7.05 Å². The Morgan fingerprint density at radius 1 is 1.05 bits per heavy atom. The fourth-order valence-electron chi connectivity index (χ4n) is 2.08. The van der Waals surface area contributed by atoms with E-state index in [9.17, 15) is 0 Å². The molecule has 0 heterocycles. The molecule has 0 saturated carbocycles. The molecule has 0 radical (unpaired) electrons. The first kappa shape index (κ1) is 15.1. The maximum atomic E-state index is 5.91. The third-order valence-electron chi connectivity index (χ3n) is 3.07. The van der Waals surface area contributed by atoms with Crippen LogP contribution in [0.3, 0.4) is 0 Å². The predicted octanol–water partition coefficient (Wildman–Crippen LogP) is 4.91. The topological polar surface area (TPSA) is 21.3 Å². The first-order valence-electron chi connectivity index (χ1n) is 6.92. The van der Waals surface area contributed by atoms with Crippen LogP contribution in [0.2, 0.25) is 0 Å². The van der Waals surface area contributed by atoms with E-state index >= 15 is 0 Å². The number of benzene rings is 2. The molecule has 0 amide bonds. The van der Waals surface area contributed by atoms with Gasteiger partial charge in [-0.2, -0.15) is 0 Å². The summed E-state index contributed by atoms with van der Waals surface area (Å²) in [6.07, 6.45) is 2.28. The smallest absolute Gasteiger partial charge is 0.141 e. The molecule has 0 aliphatic carbocycles. The van der Waals surface area contributed by atoms with E-state index in [1.54, 1.807) is 0 Å². The summed E-state index contributed by atoms with van der Waals surface area (Å²) in [5.41, 5.74) is 2.58. The second-order valence-corrected chi connectivity index (χ2v) is 5.65. The third-order valence-corrected chi connectivity index (χ3v) is 3.69. The molecule has 0 spiro atoms. The average Bonchev–Trinajstić information content (AvgIpc) is 2.44. The van der Waals surface area contributed by atoms with Gasteiger partial charge < -0.3 is 10.1 Å². The van der Waals surface area contributed by atoms with E-state index in [2.05, 4.69) is 52.4 Å². The van der Waals surface area contributed by atoms with Gasteiger partial charge in [-0.05, 0) is 64.8 Å². The molecule has 2 rings (SSSR count). The van der Waals surface area contributed by atoms with Crippen molar-refractivity contribution in [2.45, 2.75) is 26.3 Å². The molecule has 0 bridgehead atoms. The van der Waals surface area contributed by atoms with Gasteiger partial charge in [0.25, 0.3) is 0 Å². The highest BCUT2D eigenvalue weighted by Gasteiger charge is 2.04. The average molecular weight is 334 g/mol.